The molecule has 5 nitrogen and oxygen atoms in total. The van der Waals surface area contributed by atoms with E-state index in [-0.39, 0.29) is 22.8 Å². The van der Waals surface area contributed by atoms with E-state index in [1.165, 1.54) is 12.1 Å². The average molecular weight is 314 g/mol. The summed E-state index contributed by atoms with van der Waals surface area (Å²) in [5.74, 6) is -1.31. The number of benzene rings is 1. The molecule has 21 heavy (non-hydrogen) atoms. The molecule has 0 spiro atoms. The molecular formula is C15H22O5S. The Bertz CT molecular complexity index is 611. The fourth-order valence-electron chi connectivity index (χ4n) is 1.84. The van der Waals surface area contributed by atoms with Gasteiger partial charge in [0, 0.05) is 0 Å². The second-order valence-electron chi connectivity index (χ2n) is 5.76. The summed E-state index contributed by atoms with van der Waals surface area (Å²) in [5, 5.41) is 9.00. The van der Waals surface area contributed by atoms with Gasteiger partial charge in [-0.3, -0.25) is 0 Å². The van der Waals surface area contributed by atoms with Gasteiger partial charge >= 0.3 is 5.97 Å². The minimum Gasteiger partial charge on any atom is -0.478 e. The predicted molar refractivity (Wildman–Crippen MR) is 80.5 cm³/mol. The number of carbonyl (C=O) groups is 1. The maximum absolute atomic E-state index is 12.4. The zero-order chi connectivity index (χ0) is 16.3. The number of aromatic carboxylic acids is 1. The van der Waals surface area contributed by atoms with Crippen LogP contribution in [-0.2, 0) is 21.0 Å². The molecular weight excluding hydrogens is 292 g/mol. The van der Waals surface area contributed by atoms with E-state index in [0.29, 0.717) is 12.0 Å². The van der Waals surface area contributed by atoms with E-state index in [2.05, 4.69) is 0 Å². The van der Waals surface area contributed by atoms with Crippen molar-refractivity contribution in [3.8, 4) is 0 Å². The van der Waals surface area contributed by atoms with E-state index in [4.69, 9.17) is 9.84 Å². The highest BCUT2D eigenvalue weighted by Crippen LogP contribution is 2.20. The molecule has 118 valence electrons. The molecule has 0 aromatic heterocycles. The molecule has 0 aliphatic carbocycles. The lowest BCUT2D eigenvalue weighted by Gasteiger charge is -2.19. The number of aryl methyl sites for hydroxylation is 1. The van der Waals surface area contributed by atoms with E-state index in [0.717, 1.165) is 0 Å². The first kappa shape index (κ1) is 17.7. The summed E-state index contributed by atoms with van der Waals surface area (Å²) in [7, 11) is -3.57. The van der Waals surface area contributed by atoms with Gasteiger partial charge in [-0.1, -0.05) is 13.0 Å². The summed E-state index contributed by atoms with van der Waals surface area (Å²) in [4.78, 5) is 11.1. The molecule has 1 aromatic carbocycles. The normalized spacial score (nSPS) is 12.4. The van der Waals surface area contributed by atoms with E-state index in [1.807, 2.05) is 27.7 Å². The van der Waals surface area contributed by atoms with Crippen molar-refractivity contribution in [1.29, 1.82) is 0 Å². The molecule has 1 rings (SSSR count). The SMILES string of the molecule is CCc1ccc(C(=O)O)cc1S(=O)(=O)CCOC(C)(C)C. The van der Waals surface area contributed by atoms with Gasteiger partial charge in [-0.2, -0.15) is 0 Å². The number of hydrogen-bond donors (Lipinski definition) is 1. The maximum atomic E-state index is 12.4. The molecule has 1 aromatic rings. The Morgan fingerprint density at radius 3 is 2.38 bits per heavy atom. The van der Waals surface area contributed by atoms with Gasteiger partial charge in [0.05, 0.1) is 28.4 Å². The predicted octanol–water partition coefficient (Wildman–Crippen LogP) is 2.54. The van der Waals surface area contributed by atoms with Crippen LogP contribution in [-0.4, -0.2) is 37.5 Å². The second-order valence-corrected chi connectivity index (χ2v) is 7.84. The highest BCUT2D eigenvalue weighted by atomic mass is 32.2. The molecule has 0 aliphatic rings. The number of carboxylic acid groups (broad SMARTS) is 1. The van der Waals surface area contributed by atoms with Crippen LogP contribution in [0.5, 0.6) is 0 Å². The molecule has 6 heteroatoms. The lowest BCUT2D eigenvalue weighted by molar-refractivity contribution is 0.00644. The molecule has 0 saturated carbocycles. The quantitative estimate of drug-likeness (QED) is 0.872. The van der Waals surface area contributed by atoms with Crippen LogP contribution in [0.3, 0.4) is 0 Å². The van der Waals surface area contributed by atoms with Crippen molar-refractivity contribution in [2.24, 2.45) is 0 Å². The molecule has 0 aliphatic heterocycles. The summed E-state index contributed by atoms with van der Waals surface area (Å²) < 4.78 is 30.2. The van der Waals surface area contributed by atoms with Crippen molar-refractivity contribution >= 4 is 15.8 Å². The summed E-state index contributed by atoms with van der Waals surface area (Å²) in [5.41, 5.74) is 0.185. The van der Waals surface area contributed by atoms with Gasteiger partial charge in [0.2, 0.25) is 0 Å². The summed E-state index contributed by atoms with van der Waals surface area (Å²) >= 11 is 0. The van der Waals surface area contributed by atoms with Gasteiger partial charge in [0.25, 0.3) is 0 Å². The first-order valence-electron chi connectivity index (χ1n) is 6.80. The van der Waals surface area contributed by atoms with Gasteiger partial charge in [-0.15, -0.1) is 0 Å². The lowest BCUT2D eigenvalue weighted by Crippen LogP contribution is -2.24. The van der Waals surface area contributed by atoms with Crippen LogP contribution in [0.2, 0.25) is 0 Å². The molecule has 0 bridgehead atoms. The maximum Gasteiger partial charge on any atom is 0.335 e. The first-order chi connectivity index (χ1) is 9.57. The Morgan fingerprint density at radius 2 is 1.90 bits per heavy atom. The zero-order valence-corrected chi connectivity index (χ0v) is 13.7. The van der Waals surface area contributed by atoms with Gasteiger partial charge in [-0.25, -0.2) is 13.2 Å². The smallest absolute Gasteiger partial charge is 0.335 e. The van der Waals surface area contributed by atoms with E-state index in [1.54, 1.807) is 6.07 Å². The van der Waals surface area contributed by atoms with Gasteiger partial charge in [0.1, 0.15) is 0 Å². The van der Waals surface area contributed by atoms with Crippen LogP contribution >= 0.6 is 0 Å². The minimum absolute atomic E-state index is 0.0254. The van der Waals surface area contributed by atoms with Gasteiger partial charge in [0.15, 0.2) is 9.84 Å². The topological polar surface area (TPSA) is 80.7 Å². The van der Waals surface area contributed by atoms with E-state index in [9.17, 15) is 13.2 Å². The van der Waals surface area contributed by atoms with Crippen LogP contribution in [0.25, 0.3) is 0 Å². The molecule has 1 N–H and O–H groups in total. The van der Waals surface area contributed by atoms with Crippen molar-refractivity contribution in [3.63, 3.8) is 0 Å². The second kappa shape index (κ2) is 6.58. The Labute approximate surface area is 125 Å². The standard InChI is InChI=1S/C15H22O5S/c1-5-11-6-7-12(14(16)17)10-13(11)21(18,19)9-8-20-15(2,3)4/h6-7,10H,5,8-9H2,1-4H3,(H,16,17). The summed E-state index contributed by atoms with van der Waals surface area (Å²) in [6, 6.07) is 4.21. The zero-order valence-electron chi connectivity index (χ0n) is 12.8. The third-order valence-corrected chi connectivity index (χ3v) is 4.67. The third-order valence-electron chi connectivity index (χ3n) is 2.92. The summed E-state index contributed by atoms with van der Waals surface area (Å²) in [6.07, 6.45) is 0.522. The molecule has 0 fully saturated rings. The molecule has 0 heterocycles. The fraction of sp³-hybridized carbons (Fsp3) is 0.533. The van der Waals surface area contributed by atoms with Crippen molar-refractivity contribution in [3.05, 3.63) is 29.3 Å². The molecule has 0 saturated heterocycles. The molecule has 0 unspecified atom stereocenters. The van der Waals surface area contributed by atoms with Crippen LogP contribution in [0.15, 0.2) is 23.1 Å². The van der Waals surface area contributed by atoms with Crippen LogP contribution in [0.4, 0.5) is 0 Å². The number of rotatable bonds is 6. The number of sulfone groups is 1. The highest BCUT2D eigenvalue weighted by Gasteiger charge is 2.21. The molecule has 0 radical (unpaired) electrons. The minimum atomic E-state index is -3.57. The van der Waals surface area contributed by atoms with Gasteiger partial charge in [-0.05, 0) is 44.9 Å². The highest BCUT2D eigenvalue weighted by molar-refractivity contribution is 7.91. The molecule has 0 amide bonds. The van der Waals surface area contributed by atoms with Crippen molar-refractivity contribution in [2.75, 3.05) is 12.4 Å². The van der Waals surface area contributed by atoms with E-state index < -0.39 is 21.4 Å². The molecule has 0 atom stereocenters. The Hall–Kier alpha value is -1.40. The van der Waals surface area contributed by atoms with Crippen molar-refractivity contribution in [1.82, 2.24) is 0 Å². The average Bonchev–Trinajstić information content (AvgIpc) is 2.36. The van der Waals surface area contributed by atoms with E-state index >= 15 is 0 Å². The fourth-order valence-corrected chi connectivity index (χ4v) is 3.28. The van der Waals surface area contributed by atoms with Crippen LogP contribution in [0.1, 0.15) is 43.6 Å². The first-order valence-corrected chi connectivity index (χ1v) is 8.45. The van der Waals surface area contributed by atoms with Crippen LogP contribution < -0.4 is 0 Å². The number of carboxylic acids is 1. The Morgan fingerprint density at radius 1 is 1.29 bits per heavy atom. The lowest BCUT2D eigenvalue weighted by atomic mass is 10.1. The van der Waals surface area contributed by atoms with Gasteiger partial charge < -0.3 is 9.84 Å². The number of ether oxygens (including phenoxy) is 1. The largest absolute Gasteiger partial charge is 0.478 e. The number of hydrogen-bond acceptors (Lipinski definition) is 4. The third kappa shape index (κ3) is 5.13. The van der Waals surface area contributed by atoms with Crippen molar-refractivity contribution < 1.29 is 23.1 Å². The van der Waals surface area contributed by atoms with Crippen molar-refractivity contribution in [2.45, 2.75) is 44.6 Å². The van der Waals surface area contributed by atoms with Crippen LogP contribution in [0, 0.1) is 0 Å². The monoisotopic (exact) mass is 314 g/mol. The Balaban J connectivity index is 3.06. The summed E-state index contributed by atoms with van der Waals surface area (Å²) in [6.45, 7) is 7.46. The Kier molecular flexibility index (Phi) is 5.53.